The monoisotopic (exact) mass is 305 g/mol. The van der Waals surface area contributed by atoms with Gasteiger partial charge in [-0.25, -0.2) is 4.79 Å². The van der Waals surface area contributed by atoms with Crippen LogP contribution < -0.4 is 15.8 Å². The molecular weight excluding hydrogens is 282 g/mol. The summed E-state index contributed by atoms with van der Waals surface area (Å²) >= 11 is 0. The van der Waals surface area contributed by atoms with Crippen molar-refractivity contribution < 1.29 is 14.3 Å². The number of carbonyl (C=O) groups is 2. The Morgan fingerprint density at radius 3 is 2.73 bits per heavy atom. The average molecular weight is 305 g/mol. The Morgan fingerprint density at radius 1 is 1.36 bits per heavy atom. The maximum Gasteiger partial charge on any atom is 0.318 e. The van der Waals surface area contributed by atoms with Crippen LogP contribution in [0.5, 0.6) is 5.75 Å². The second-order valence-electron chi connectivity index (χ2n) is 5.48. The minimum Gasteiger partial charge on any atom is -0.497 e. The van der Waals surface area contributed by atoms with Gasteiger partial charge in [0.1, 0.15) is 5.75 Å². The molecule has 0 bridgehead atoms. The topological polar surface area (TPSA) is 84.7 Å². The van der Waals surface area contributed by atoms with Gasteiger partial charge in [0.15, 0.2) is 0 Å². The number of ether oxygens (including phenoxy) is 1. The Kier molecular flexibility index (Phi) is 5.77. The van der Waals surface area contributed by atoms with E-state index < -0.39 is 6.03 Å². The van der Waals surface area contributed by atoms with Gasteiger partial charge in [0.05, 0.1) is 7.11 Å². The number of likely N-dealkylation sites (tertiary alicyclic amines) is 1. The predicted octanol–water partition coefficient (Wildman–Crippen LogP) is 1.81. The highest BCUT2D eigenvalue weighted by molar-refractivity contribution is 5.93. The van der Waals surface area contributed by atoms with Crippen LogP contribution in [0.1, 0.15) is 37.3 Å². The highest BCUT2D eigenvalue weighted by Gasteiger charge is 2.25. The number of urea groups is 1. The number of amides is 3. The number of benzene rings is 1. The number of carbonyl (C=O) groups excluding carboxylic acids is 2. The van der Waals surface area contributed by atoms with E-state index in [2.05, 4.69) is 22.3 Å². The zero-order valence-corrected chi connectivity index (χ0v) is 12.9. The molecule has 1 atom stereocenters. The van der Waals surface area contributed by atoms with Crippen molar-refractivity contribution >= 4 is 11.9 Å². The molecule has 0 aromatic heterocycles. The maximum atomic E-state index is 11.4. The second kappa shape index (κ2) is 7.79. The summed E-state index contributed by atoms with van der Waals surface area (Å²) in [5.74, 6) is 0.545. The summed E-state index contributed by atoms with van der Waals surface area (Å²) in [6.45, 7) is 1.87. The lowest BCUT2D eigenvalue weighted by atomic mass is 10.0. The summed E-state index contributed by atoms with van der Waals surface area (Å²) in [5, 5.41) is 2.09. The summed E-state index contributed by atoms with van der Waals surface area (Å²) in [6, 6.07) is 7.76. The van der Waals surface area contributed by atoms with Gasteiger partial charge in [-0.3, -0.25) is 15.0 Å². The van der Waals surface area contributed by atoms with Gasteiger partial charge >= 0.3 is 6.03 Å². The fraction of sp³-hybridized carbons (Fsp3) is 0.500. The lowest BCUT2D eigenvalue weighted by molar-refractivity contribution is -0.120. The van der Waals surface area contributed by atoms with Gasteiger partial charge in [0.25, 0.3) is 0 Å². The number of primary amides is 1. The molecule has 0 spiro atoms. The molecule has 1 fully saturated rings. The number of methoxy groups -OCH3 is 1. The molecule has 1 aromatic rings. The summed E-state index contributed by atoms with van der Waals surface area (Å²) in [6.07, 6.45) is 3.31. The second-order valence-corrected chi connectivity index (χ2v) is 5.48. The van der Waals surface area contributed by atoms with Crippen LogP contribution in [0.15, 0.2) is 24.3 Å². The molecule has 6 heteroatoms. The lowest BCUT2D eigenvalue weighted by Crippen LogP contribution is -2.35. The molecule has 0 saturated carbocycles. The first kappa shape index (κ1) is 16.3. The third kappa shape index (κ3) is 4.46. The Hall–Kier alpha value is -2.08. The number of nitrogens with one attached hydrogen (secondary N) is 1. The van der Waals surface area contributed by atoms with Crippen LogP contribution in [0, 0.1) is 0 Å². The molecule has 3 amide bonds. The van der Waals surface area contributed by atoms with Gasteiger partial charge in [-0.15, -0.1) is 0 Å². The number of rotatable bonds is 6. The number of nitrogens with two attached hydrogens (primary N) is 1. The van der Waals surface area contributed by atoms with E-state index in [1.165, 1.54) is 5.56 Å². The highest BCUT2D eigenvalue weighted by atomic mass is 16.5. The maximum absolute atomic E-state index is 11.4. The third-order valence-electron chi connectivity index (χ3n) is 3.98. The smallest absolute Gasteiger partial charge is 0.318 e. The van der Waals surface area contributed by atoms with Crippen molar-refractivity contribution in [1.29, 1.82) is 0 Å². The van der Waals surface area contributed by atoms with Gasteiger partial charge in [-0.05, 0) is 50.0 Å². The molecule has 2 rings (SSSR count). The Morgan fingerprint density at radius 2 is 2.09 bits per heavy atom. The first-order valence-corrected chi connectivity index (χ1v) is 7.57. The van der Waals surface area contributed by atoms with Crippen molar-refractivity contribution in [2.45, 2.75) is 31.7 Å². The zero-order valence-electron chi connectivity index (χ0n) is 12.9. The van der Waals surface area contributed by atoms with Crippen molar-refractivity contribution in [3.63, 3.8) is 0 Å². The molecule has 120 valence electrons. The molecule has 22 heavy (non-hydrogen) atoms. The van der Waals surface area contributed by atoms with E-state index in [0.29, 0.717) is 18.9 Å². The predicted molar refractivity (Wildman–Crippen MR) is 83.5 cm³/mol. The largest absolute Gasteiger partial charge is 0.497 e. The van der Waals surface area contributed by atoms with E-state index in [1.807, 2.05) is 12.1 Å². The van der Waals surface area contributed by atoms with Crippen LogP contribution in [0.25, 0.3) is 0 Å². The van der Waals surface area contributed by atoms with Crippen molar-refractivity contribution in [2.75, 3.05) is 20.2 Å². The van der Waals surface area contributed by atoms with Gasteiger partial charge in [-0.2, -0.15) is 0 Å². The van der Waals surface area contributed by atoms with Crippen LogP contribution in [0.4, 0.5) is 4.79 Å². The normalized spacial score (nSPS) is 18.1. The average Bonchev–Trinajstić information content (AvgIpc) is 2.95. The molecule has 1 heterocycles. The van der Waals surface area contributed by atoms with Crippen molar-refractivity contribution in [3.05, 3.63) is 29.8 Å². The molecule has 1 saturated heterocycles. The van der Waals surface area contributed by atoms with Crippen LogP contribution in [0.3, 0.4) is 0 Å². The SMILES string of the molecule is COc1ccc(C2CCCN2CCCC(=O)NC(N)=O)cc1. The summed E-state index contributed by atoms with van der Waals surface area (Å²) < 4.78 is 5.19. The van der Waals surface area contributed by atoms with Crippen molar-refractivity contribution in [1.82, 2.24) is 10.2 Å². The Labute approximate surface area is 130 Å². The van der Waals surface area contributed by atoms with Gasteiger partial charge in [0, 0.05) is 12.5 Å². The van der Waals surface area contributed by atoms with E-state index >= 15 is 0 Å². The van der Waals surface area contributed by atoms with E-state index in [0.717, 1.165) is 31.7 Å². The molecule has 1 aromatic carbocycles. The Balaban J connectivity index is 1.85. The van der Waals surface area contributed by atoms with Gasteiger partial charge < -0.3 is 10.5 Å². The number of nitrogens with zero attached hydrogens (tertiary/aromatic N) is 1. The standard InChI is InChI=1S/C16H23N3O3/c1-22-13-8-6-12(7-9-13)14-4-2-10-19(14)11-3-5-15(20)18-16(17)21/h6-9,14H,2-5,10-11H2,1H3,(H3,17,18,20,21). The molecule has 0 aliphatic carbocycles. The number of imide groups is 1. The van der Waals surface area contributed by atoms with E-state index in [4.69, 9.17) is 10.5 Å². The van der Waals surface area contributed by atoms with Crippen molar-refractivity contribution in [3.8, 4) is 5.75 Å². The number of hydrogen-bond acceptors (Lipinski definition) is 4. The quantitative estimate of drug-likeness (QED) is 0.839. The molecule has 0 radical (unpaired) electrons. The summed E-state index contributed by atoms with van der Waals surface area (Å²) in [7, 11) is 1.66. The van der Waals surface area contributed by atoms with Crippen LogP contribution >= 0.6 is 0 Å². The van der Waals surface area contributed by atoms with Crippen molar-refractivity contribution in [2.24, 2.45) is 5.73 Å². The minimum absolute atomic E-state index is 0.312. The van der Waals surface area contributed by atoms with Gasteiger partial charge in [0.2, 0.25) is 5.91 Å². The fourth-order valence-electron chi connectivity index (χ4n) is 2.94. The lowest BCUT2D eigenvalue weighted by Gasteiger charge is -2.24. The number of hydrogen-bond donors (Lipinski definition) is 2. The Bertz CT molecular complexity index is 516. The van der Waals surface area contributed by atoms with E-state index in [9.17, 15) is 9.59 Å². The summed E-state index contributed by atoms with van der Waals surface area (Å²) in [4.78, 5) is 24.4. The van der Waals surface area contributed by atoms with Gasteiger partial charge in [-0.1, -0.05) is 12.1 Å². The highest BCUT2D eigenvalue weighted by Crippen LogP contribution is 2.32. The molecule has 6 nitrogen and oxygen atoms in total. The molecule has 3 N–H and O–H groups in total. The van der Waals surface area contributed by atoms with E-state index in [1.54, 1.807) is 7.11 Å². The summed E-state index contributed by atoms with van der Waals surface area (Å²) in [5.41, 5.74) is 6.20. The van der Waals surface area contributed by atoms with Crippen LogP contribution in [-0.2, 0) is 4.79 Å². The zero-order chi connectivity index (χ0) is 15.9. The first-order chi connectivity index (χ1) is 10.6. The first-order valence-electron chi connectivity index (χ1n) is 7.57. The molecular formula is C16H23N3O3. The molecule has 1 aliphatic heterocycles. The van der Waals surface area contributed by atoms with Crippen LogP contribution in [0.2, 0.25) is 0 Å². The minimum atomic E-state index is -0.790. The fourth-order valence-corrected chi connectivity index (χ4v) is 2.94. The molecule has 1 unspecified atom stereocenters. The van der Waals surface area contributed by atoms with Crippen LogP contribution in [-0.4, -0.2) is 37.0 Å². The molecule has 1 aliphatic rings. The van der Waals surface area contributed by atoms with E-state index in [-0.39, 0.29) is 5.91 Å². The third-order valence-corrected chi connectivity index (χ3v) is 3.98.